The van der Waals surface area contributed by atoms with Gasteiger partial charge in [-0.25, -0.2) is 39.5 Å². The molecule has 0 amide bonds. The van der Waals surface area contributed by atoms with Crippen molar-refractivity contribution < 1.29 is 57.4 Å². The van der Waals surface area contributed by atoms with Crippen LogP contribution in [0.4, 0.5) is 52.7 Å². The molecule has 0 fully saturated rings. The molecule has 1 nitrogen and oxygen atoms in total. The Morgan fingerprint density at radius 2 is 1.00 bits per heavy atom. The summed E-state index contributed by atoms with van der Waals surface area (Å²) in [6.07, 6.45) is -5.92. The summed E-state index contributed by atoms with van der Waals surface area (Å²) in [5, 5.41) is -3.82. The normalized spacial score (nSPS) is 12.0. The molecule has 0 saturated heterocycles. The summed E-state index contributed by atoms with van der Waals surface area (Å²) >= 11 is 0. The first-order chi connectivity index (χ1) is 19.2. The minimum Gasteiger partial charge on any atom is -0.497 e. The molecule has 0 aliphatic heterocycles. The van der Waals surface area contributed by atoms with Crippen LogP contribution in [0.5, 0.6) is 5.75 Å². The van der Waals surface area contributed by atoms with Gasteiger partial charge in [-0.15, -0.1) is 0 Å². The van der Waals surface area contributed by atoms with E-state index in [0.29, 0.717) is 36.4 Å². The zero-order valence-electron chi connectivity index (χ0n) is 20.0. The lowest BCUT2D eigenvalue weighted by Crippen LogP contribution is -2.16. The van der Waals surface area contributed by atoms with Crippen molar-refractivity contribution in [3.63, 3.8) is 0 Å². The molecule has 212 valence electrons. The monoisotopic (exact) mass is 590 g/mol. The highest BCUT2D eigenvalue weighted by Crippen LogP contribution is 2.49. The fraction of sp³-hybridized carbons (Fsp3) is 0.0714. The summed E-state index contributed by atoms with van der Waals surface area (Å²) in [4.78, 5) is 0. The number of halogens is 12. The molecule has 0 radical (unpaired) electrons. The molecule has 41 heavy (non-hydrogen) atoms. The average Bonchev–Trinajstić information content (AvgIpc) is 2.89. The second kappa shape index (κ2) is 9.60. The van der Waals surface area contributed by atoms with Gasteiger partial charge in [0.2, 0.25) is 0 Å². The van der Waals surface area contributed by atoms with Crippen molar-refractivity contribution >= 4 is 21.5 Å². The molecule has 0 heterocycles. The van der Waals surface area contributed by atoms with Gasteiger partial charge < -0.3 is 4.74 Å². The summed E-state index contributed by atoms with van der Waals surface area (Å²) in [5.41, 5.74) is -8.04. The third-order valence-electron chi connectivity index (χ3n) is 6.42. The van der Waals surface area contributed by atoms with Crippen LogP contribution < -0.4 is 4.74 Å². The third kappa shape index (κ3) is 4.21. The molecule has 5 rings (SSSR count). The minimum atomic E-state index is -5.92. The predicted molar refractivity (Wildman–Crippen MR) is 124 cm³/mol. The average molecular weight is 590 g/mol. The van der Waals surface area contributed by atoms with Crippen LogP contribution in [-0.2, 0) is 6.18 Å². The first-order valence-electron chi connectivity index (χ1n) is 11.2. The standard InChI is InChI=1S/C28H10F12O/c1-41-10-7-15(32)19(16(33)8-10)17-11-3-2-9(29)6-12(11)18(21-14(31)5-4-13(30)20(17)21)22-24(34)26(36)23(28(38,39)40)27(37)25(22)35/h2-8H,1H3. The highest BCUT2D eigenvalue weighted by atomic mass is 19.4. The first-order valence-corrected chi connectivity index (χ1v) is 11.2. The Kier molecular flexibility index (Phi) is 6.58. The van der Waals surface area contributed by atoms with Gasteiger partial charge in [-0.3, -0.25) is 0 Å². The highest BCUT2D eigenvalue weighted by molar-refractivity contribution is 6.22. The SMILES string of the molecule is COc1cc(F)c(-c2c3ccc(F)cc3c(-c3c(F)c(F)c(C(F)(F)F)c(F)c3F)c3c(F)ccc(F)c23)c(F)c1. The summed E-state index contributed by atoms with van der Waals surface area (Å²) in [5.74, 6) is -18.6. The maximum Gasteiger partial charge on any atom is 0.422 e. The Hall–Kier alpha value is -4.42. The van der Waals surface area contributed by atoms with Crippen LogP contribution in [0.25, 0.3) is 43.8 Å². The summed E-state index contributed by atoms with van der Waals surface area (Å²) in [7, 11) is 1.07. The molecule has 5 aromatic carbocycles. The van der Waals surface area contributed by atoms with Gasteiger partial charge in [-0.2, -0.15) is 13.2 Å². The number of methoxy groups -OCH3 is 1. The zero-order valence-corrected chi connectivity index (χ0v) is 20.0. The number of alkyl halides is 3. The molecule has 0 unspecified atom stereocenters. The topological polar surface area (TPSA) is 9.23 Å². The second-order valence-corrected chi connectivity index (χ2v) is 8.69. The van der Waals surface area contributed by atoms with Crippen molar-refractivity contribution in [3.8, 4) is 28.0 Å². The highest BCUT2D eigenvalue weighted by Gasteiger charge is 2.43. The Bertz CT molecular complexity index is 1860. The molecule has 0 spiro atoms. The van der Waals surface area contributed by atoms with E-state index in [4.69, 9.17) is 4.74 Å². The van der Waals surface area contributed by atoms with Crippen LogP contribution in [0, 0.1) is 52.4 Å². The van der Waals surface area contributed by atoms with Crippen molar-refractivity contribution in [2.45, 2.75) is 6.18 Å². The number of hydrogen-bond donors (Lipinski definition) is 0. The van der Waals surface area contributed by atoms with E-state index in [2.05, 4.69) is 0 Å². The van der Waals surface area contributed by atoms with E-state index in [0.717, 1.165) is 13.2 Å². The smallest absolute Gasteiger partial charge is 0.422 e. The van der Waals surface area contributed by atoms with E-state index in [1.54, 1.807) is 0 Å². The van der Waals surface area contributed by atoms with E-state index in [-0.39, 0.29) is 5.75 Å². The molecule has 0 aliphatic rings. The van der Waals surface area contributed by atoms with Crippen LogP contribution in [0.1, 0.15) is 5.56 Å². The van der Waals surface area contributed by atoms with Crippen LogP contribution in [0.15, 0.2) is 42.5 Å². The molecular weight excluding hydrogens is 580 g/mol. The molecular formula is C28H10F12O. The van der Waals surface area contributed by atoms with Crippen LogP contribution in [-0.4, -0.2) is 7.11 Å². The molecule has 0 aliphatic carbocycles. The number of benzene rings is 5. The Labute approximate surface area is 221 Å². The molecule has 0 N–H and O–H groups in total. The summed E-state index contributed by atoms with van der Waals surface area (Å²) < 4.78 is 180. The lowest BCUT2D eigenvalue weighted by molar-refractivity contribution is -0.143. The number of rotatable bonds is 3. The second-order valence-electron chi connectivity index (χ2n) is 8.69. The van der Waals surface area contributed by atoms with Gasteiger partial charge in [-0.05, 0) is 35.0 Å². The lowest BCUT2D eigenvalue weighted by atomic mass is 9.84. The largest absolute Gasteiger partial charge is 0.497 e. The number of hydrogen-bond acceptors (Lipinski definition) is 1. The van der Waals surface area contributed by atoms with E-state index in [9.17, 15) is 26.3 Å². The fourth-order valence-corrected chi connectivity index (χ4v) is 4.78. The van der Waals surface area contributed by atoms with Gasteiger partial charge >= 0.3 is 6.18 Å². The molecule has 5 aromatic rings. The first kappa shape index (κ1) is 28.1. The van der Waals surface area contributed by atoms with Crippen LogP contribution in [0.2, 0.25) is 0 Å². The van der Waals surface area contributed by atoms with E-state index in [1.807, 2.05) is 0 Å². The van der Waals surface area contributed by atoms with E-state index in [1.165, 1.54) is 0 Å². The third-order valence-corrected chi connectivity index (χ3v) is 6.42. The van der Waals surface area contributed by atoms with Gasteiger partial charge in [0.15, 0.2) is 23.3 Å². The van der Waals surface area contributed by atoms with Crippen molar-refractivity contribution in [3.05, 3.63) is 100 Å². The number of ether oxygens (including phenoxy) is 1. The maximum atomic E-state index is 15.4. The maximum absolute atomic E-state index is 15.4. The van der Waals surface area contributed by atoms with Crippen LogP contribution in [0.3, 0.4) is 0 Å². The van der Waals surface area contributed by atoms with Gasteiger partial charge in [0.05, 0.1) is 18.2 Å². The quantitative estimate of drug-likeness (QED) is 0.116. The van der Waals surface area contributed by atoms with E-state index >= 15 is 26.3 Å². The van der Waals surface area contributed by atoms with Gasteiger partial charge in [0, 0.05) is 34.0 Å². The van der Waals surface area contributed by atoms with Crippen molar-refractivity contribution in [1.82, 2.24) is 0 Å². The Balaban J connectivity index is 2.11. The molecule has 0 saturated carbocycles. The lowest BCUT2D eigenvalue weighted by Gasteiger charge is -2.21. The van der Waals surface area contributed by atoms with Crippen molar-refractivity contribution in [2.75, 3.05) is 7.11 Å². The van der Waals surface area contributed by atoms with Gasteiger partial charge in [0.1, 0.15) is 40.4 Å². The Morgan fingerprint density at radius 1 is 0.512 bits per heavy atom. The van der Waals surface area contributed by atoms with Gasteiger partial charge in [0.25, 0.3) is 0 Å². The molecule has 13 heteroatoms. The number of fused-ring (bicyclic) bond motifs is 2. The molecule has 0 bridgehead atoms. The van der Waals surface area contributed by atoms with Crippen LogP contribution >= 0.6 is 0 Å². The minimum absolute atomic E-state index is 0.341. The predicted octanol–water partition coefficient (Wildman–Crippen LogP) is 9.61. The van der Waals surface area contributed by atoms with E-state index < -0.39 is 108 Å². The van der Waals surface area contributed by atoms with Crippen molar-refractivity contribution in [2.24, 2.45) is 0 Å². The molecule has 0 aromatic heterocycles. The fourth-order valence-electron chi connectivity index (χ4n) is 4.78. The summed E-state index contributed by atoms with van der Waals surface area (Å²) in [6, 6.07) is 3.99. The van der Waals surface area contributed by atoms with Gasteiger partial charge in [-0.1, -0.05) is 6.07 Å². The Morgan fingerprint density at radius 3 is 1.46 bits per heavy atom. The molecule has 0 atom stereocenters. The zero-order chi connectivity index (χ0) is 30.1. The summed E-state index contributed by atoms with van der Waals surface area (Å²) in [6.45, 7) is 0. The van der Waals surface area contributed by atoms with Crippen molar-refractivity contribution in [1.29, 1.82) is 0 Å².